The third-order valence-corrected chi connectivity index (χ3v) is 6.84. The number of benzene rings is 1. The van der Waals surface area contributed by atoms with Gasteiger partial charge in [0, 0.05) is 33.6 Å². The van der Waals surface area contributed by atoms with E-state index < -0.39 is 0 Å². The maximum absolute atomic E-state index is 14.1. The molecule has 0 amide bonds. The predicted octanol–water partition coefficient (Wildman–Crippen LogP) is 4.10. The van der Waals surface area contributed by atoms with Crippen LogP contribution < -0.4 is 5.32 Å². The summed E-state index contributed by atoms with van der Waals surface area (Å²) in [6.07, 6.45) is 1.15. The molecular formula is C15H22FNS2. The lowest BCUT2D eigenvalue weighted by Crippen LogP contribution is -2.39. The van der Waals surface area contributed by atoms with Gasteiger partial charge >= 0.3 is 0 Å². The number of halogens is 1. The van der Waals surface area contributed by atoms with E-state index in [-0.39, 0.29) is 11.9 Å². The van der Waals surface area contributed by atoms with E-state index in [1.54, 1.807) is 12.1 Å². The van der Waals surface area contributed by atoms with Crippen molar-refractivity contribution >= 4 is 23.5 Å². The molecule has 3 unspecified atom stereocenters. The van der Waals surface area contributed by atoms with Crippen molar-refractivity contribution in [2.45, 2.75) is 36.8 Å². The normalized spacial score (nSPS) is 25.2. The minimum atomic E-state index is -0.0838. The molecule has 1 saturated heterocycles. The van der Waals surface area contributed by atoms with E-state index in [4.69, 9.17) is 0 Å². The van der Waals surface area contributed by atoms with Gasteiger partial charge in [0.05, 0.1) is 0 Å². The van der Waals surface area contributed by atoms with Crippen LogP contribution in [-0.2, 0) is 0 Å². The number of nitrogens with one attached hydrogen (secondary N) is 1. The Balaban J connectivity index is 2.26. The van der Waals surface area contributed by atoms with Gasteiger partial charge < -0.3 is 5.32 Å². The van der Waals surface area contributed by atoms with Crippen LogP contribution in [0.2, 0.25) is 0 Å². The Morgan fingerprint density at radius 1 is 1.26 bits per heavy atom. The number of hydrogen-bond donors (Lipinski definition) is 1. The topological polar surface area (TPSA) is 12.0 Å². The van der Waals surface area contributed by atoms with E-state index in [0.29, 0.717) is 10.5 Å². The average molecular weight is 299 g/mol. The minimum Gasteiger partial charge on any atom is -0.309 e. The highest BCUT2D eigenvalue weighted by atomic mass is 32.2. The summed E-state index contributed by atoms with van der Waals surface area (Å²) in [7, 11) is 0. The number of hydrogen-bond acceptors (Lipinski definition) is 3. The number of thioether (sulfide) groups is 2. The summed E-state index contributed by atoms with van der Waals surface area (Å²) < 4.78 is 14.1. The van der Waals surface area contributed by atoms with Crippen LogP contribution in [0.5, 0.6) is 0 Å². The first kappa shape index (κ1) is 15.2. The quantitative estimate of drug-likeness (QED) is 0.879. The highest BCUT2D eigenvalue weighted by Gasteiger charge is 2.33. The number of rotatable bonds is 5. The van der Waals surface area contributed by atoms with Crippen molar-refractivity contribution in [2.24, 2.45) is 0 Å². The van der Waals surface area contributed by atoms with Gasteiger partial charge in [0.15, 0.2) is 0 Å². The third-order valence-electron chi connectivity index (χ3n) is 3.49. The standard InChI is InChI=1S/C15H22FNS2/c1-3-13-15(19-10-9-18-13)14(17-4-2)11-7-5-6-8-12(11)16/h5-8,13-15,17H,3-4,9-10H2,1-2H3. The molecule has 0 bridgehead atoms. The summed E-state index contributed by atoms with van der Waals surface area (Å²) in [6.45, 7) is 5.20. The Kier molecular flexibility index (Phi) is 6.05. The first-order valence-corrected chi connectivity index (χ1v) is 9.08. The Morgan fingerprint density at radius 2 is 2.00 bits per heavy atom. The summed E-state index contributed by atoms with van der Waals surface area (Å²) >= 11 is 4.04. The zero-order chi connectivity index (χ0) is 13.7. The summed E-state index contributed by atoms with van der Waals surface area (Å²) in [5.74, 6) is 2.30. The Hall–Kier alpha value is -0.190. The molecule has 19 heavy (non-hydrogen) atoms. The molecule has 0 aliphatic carbocycles. The molecule has 1 aromatic rings. The van der Waals surface area contributed by atoms with E-state index in [1.807, 2.05) is 35.7 Å². The van der Waals surface area contributed by atoms with E-state index in [9.17, 15) is 4.39 Å². The van der Waals surface area contributed by atoms with Crippen LogP contribution in [-0.4, -0.2) is 28.6 Å². The van der Waals surface area contributed by atoms with Crippen LogP contribution in [0.15, 0.2) is 24.3 Å². The Bertz CT molecular complexity index is 399. The molecule has 0 aromatic heterocycles. The summed E-state index contributed by atoms with van der Waals surface area (Å²) in [5.41, 5.74) is 0.822. The van der Waals surface area contributed by atoms with Gasteiger partial charge in [-0.2, -0.15) is 23.5 Å². The smallest absolute Gasteiger partial charge is 0.128 e. The predicted molar refractivity (Wildman–Crippen MR) is 85.6 cm³/mol. The fourth-order valence-corrected chi connectivity index (χ4v) is 5.84. The van der Waals surface area contributed by atoms with Crippen LogP contribution in [0.1, 0.15) is 31.9 Å². The molecule has 1 aliphatic rings. The molecule has 4 heteroatoms. The van der Waals surface area contributed by atoms with Crippen LogP contribution >= 0.6 is 23.5 Å². The van der Waals surface area contributed by atoms with Gasteiger partial charge in [0.2, 0.25) is 0 Å². The zero-order valence-electron chi connectivity index (χ0n) is 11.6. The molecule has 1 N–H and O–H groups in total. The van der Waals surface area contributed by atoms with E-state index in [1.165, 1.54) is 11.5 Å². The van der Waals surface area contributed by atoms with E-state index in [0.717, 1.165) is 18.5 Å². The van der Waals surface area contributed by atoms with Gasteiger partial charge in [-0.15, -0.1) is 0 Å². The molecule has 3 atom stereocenters. The molecule has 0 spiro atoms. The van der Waals surface area contributed by atoms with Gasteiger partial charge in [-0.25, -0.2) is 4.39 Å². The van der Waals surface area contributed by atoms with Crippen molar-refractivity contribution in [1.29, 1.82) is 0 Å². The van der Waals surface area contributed by atoms with Crippen LogP contribution in [0, 0.1) is 5.82 Å². The molecule has 0 saturated carbocycles. The second-order valence-electron chi connectivity index (χ2n) is 4.71. The second-order valence-corrected chi connectivity index (χ2v) is 7.34. The lowest BCUT2D eigenvalue weighted by atomic mass is 9.99. The van der Waals surface area contributed by atoms with Crippen molar-refractivity contribution in [2.75, 3.05) is 18.1 Å². The highest BCUT2D eigenvalue weighted by Crippen LogP contribution is 2.40. The average Bonchev–Trinajstić information content (AvgIpc) is 2.46. The molecule has 2 rings (SSSR count). The molecule has 1 aliphatic heterocycles. The molecule has 1 nitrogen and oxygen atoms in total. The van der Waals surface area contributed by atoms with Gasteiger partial charge in [-0.3, -0.25) is 0 Å². The lowest BCUT2D eigenvalue weighted by Gasteiger charge is -2.36. The van der Waals surface area contributed by atoms with Gasteiger partial charge in [-0.05, 0) is 19.0 Å². The maximum Gasteiger partial charge on any atom is 0.128 e. The van der Waals surface area contributed by atoms with Crippen LogP contribution in [0.3, 0.4) is 0 Å². The minimum absolute atomic E-state index is 0.0838. The molecule has 106 valence electrons. The molecule has 0 radical (unpaired) electrons. The Labute approximate surface area is 124 Å². The summed E-state index contributed by atoms with van der Waals surface area (Å²) in [6, 6.07) is 7.32. The summed E-state index contributed by atoms with van der Waals surface area (Å²) in [5, 5.41) is 4.57. The monoisotopic (exact) mass is 299 g/mol. The van der Waals surface area contributed by atoms with Crippen molar-refractivity contribution < 1.29 is 4.39 Å². The molecular weight excluding hydrogens is 277 g/mol. The fraction of sp³-hybridized carbons (Fsp3) is 0.600. The Morgan fingerprint density at radius 3 is 2.68 bits per heavy atom. The van der Waals surface area contributed by atoms with Crippen molar-refractivity contribution in [3.05, 3.63) is 35.6 Å². The van der Waals surface area contributed by atoms with Crippen molar-refractivity contribution in [3.8, 4) is 0 Å². The largest absolute Gasteiger partial charge is 0.309 e. The second kappa shape index (κ2) is 7.55. The van der Waals surface area contributed by atoms with Crippen molar-refractivity contribution in [3.63, 3.8) is 0 Å². The molecule has 1 fully saturated rings. The van der Waals surface area contributed by atoms with E-state index in [2.05, 4.69) is 19.2 Å². The molecule has 1 aromatic carbocycles. The van der Waals surface area contributed by atoms with Crippen molar-refractivity contribution in [1.82, 2.24) is 5.32 Å². The van der Waals surface area contributed by atoms with Gasteiger partial charge in [0.25, 0.3) is 0 Å². The first-order valence-electron chi connectivity index (χ1n) is 6.99. The third kappa shape index (κ3) is 3.67. The van der Waals surface area contributed by atoms with Crippen LogP contribution in [0.4, 0.5) is 4.39 Å². The van der Waals surface area contributed by atoms with E-state index >= 15 is 0 Å². The summed E-state index contributed by atoms with van der Waals surface area (Å²) in [4.78, 5) is 0. The van der Waals surface area contributed by atoms with Crippen LogP contribution in [0.25, 0.3) is 0 Å². The maximum atomic E-state index is 14.1. The lowest BCUT2D eigenvalue weighted by molar-refractivity contribution is 0.485. The SMILES string of the molecule is CCNC(c1ccccc1F)C1SCCSC1CC. The van der Waals surface area contributed by atoms with Gasteiger partial charge in [0.1, 0.15) is 5.82 Å². The zero-order valence-corrected chi connectivity index (χ0v) is 13.2. The van der Waals surface area contributed by atoms with Gasteiger partial charge in [-0.1, -0.05) is 32.0 Å². The first-order chi connectivity index (χ1) is 9.27. The highest BCUT2D eigenvalue weighted by molar-refractivity contribution is 8.07. The molecule has 1 heterocycles. The fourth-order valence-electron chi connectivity index (χ4n) is 2.60.